The van der Waals surface area contributed by atoms with Crippen molar-refractivity contribution in [2.75, 3.05) is 29.9 Å². The first-order valence-electron chi connectivity index (χ1n) is 15.5. The lowest BCUT2D eigenvalue weighted by molar-refractivity contribution is -0.0368. The summed E-state index contributed by atoms with van der Waals surface area (Å²) in [5.74, 6) is 0.751. The normalized spacial score (nSPS) is 21.9. The van der Waals surface area contributed by atoms with Crippen LogP contribution >= 0.6 is 11.6 Å². The smallest absolute Gasteiger partial charge is 0.410 e. The third-order valence-electron chi connectivity index (χ3n) is 9.18. The summed E-state index contributed by atoms with van der Waals surface area (Å²) in [6, 6.07) is 3.65. The zero-order valence-electron chi connectivity index (χ0n) is 25.9. The second-order valence-electron chi connectivity index (χ2n) is 13.2. The van der Waals surface area contributed by atoms with Gasteiger partial charge in [-0.15, -0.1) is 4.72 Å². The number of hydrogen-bond donors (Lipinski definition) is 3. The number of carboxylic acid groups (broad SMARTS) is 1. The largest absolute Gasteiger partial charge is 0.598 e. The molecule has 0 radical (unpaired) electrons. The molecule has 1 amide bonds. The van der Waals surface area contributed by atoms with Gasteiger partial charge in [0.1, 0.15) is 27.8 Å². The molecule has 0 saturated carbocycles. The molecule has 16 heteroatoms. The molecule has 0 bridgehead atoms. The monoisotopic (exact) mass is 668 g/mol. The molecule has 3 N–H and O–H groups in total. The van der Waals surface area contributed by atoms with Crippen LogP contribution < -0.4 is 14.9 Å². The number of fused-ring (bicyclic) bond motifs is 2. The number of halogens is 1. The van der Waals surface area contributed by atoms with Gasteiger partial charge in [0, 0.05) is 61.0 Å². The molecule has 7 rings (SSSR count). The van der Waals surface area contributed by atoms with Gasteiger partial charge in [0.05, 0.1) is 16.9 Å². The first-order valence-corrected chi connectivity index (χ1v) is 17.0. The maximum Gasteiger partial charge on any atom is 0.410 e. The van der Waals surface area contributed by atoms with Crippen LogP contribution in [0.25, 0.3) is 22.4 Å². The molecule has 3 aliphatic heterocycles. The first-order chi connectivity index (χ1) is 22.0. The molecule has 0 aliphatic carbocycles. The van der Waals surface area contributed by atoms with E-state index < -0.39 is 17.5 Å². The molecule has 2 fully saturated rings. The molecule has 0 aromatic carbocycles. The Hall–Kier alpha value is -3.50. The maximum atomic E-state index is 13.2. The van der Waals surface area contributed by atoms with Crippen LogP contribution in [-0.4, -0.2) is 74.7 Å². The summed E-state index contributed by atoms with van der Waals surface area (Å²) in [4.78, 5) is 27.6. The number of rotatable bonds is 6. The summed E-state index contributed by atoms with van der Waals surface area (Å²) in [7, 11) is 0. The van der Waals surface area contributed by atoms with Gasteiger partial charge in [0.2, 0.25) is 0 Å². The van der Waals surface area contributed by atoms with Gasteiger partial charge < -0.3 is 19.3 Å². The summed E-state index contributed by atoms with van der Waals surface area (Å²) in [6.45, 7) is 8.82. The zero-order chi connectivity index (χ0) is 32.2. The summed E-state index contributed by atoms with van der Waals surface area (Å²) < 4.78 is 26.2. The standard InChI is InChI=1S/C30H37ClN10O4S/c1-29(2,3)46(44)38-25-19-8-12-34-40(19)17-30(25)9-13-39(14-10-30)20-16-33-24-23(18-7-11-32-26(22(18)31)36-28(42)43)37-41(27(24)35-20)21-6-4-5-15-45-21/h7-8,11-12,16,21,25,38H,4-6,9-10,13-15,17H2,1-3H3,(H,32,36)(H,42,43)/t21?,25-,46?/m1/s1. The molecule has 2 unspecified atom stereocenters. The SMILES string of the molecule is CC(C)(C)[S+]([O-])N[C@@H]1c2ccnn2CC12CCN(c1cnc3c(-c4ccnc(NC(=O)O)c4Cl)nn(C4CCCCO4)c3n1)CC2. The van der Waals surface area contributed by atoms with Gasteiger partial charge in [0.25, 0.3) is 0 Å². The molecule has 244 valence electrons. The van der Waals surface area contributed by atoms with Crippen LogP contribution in [0.3, 0.4) is 0 Å². The van der Waals surface area contributed by atoms with E-state index in [-0.39, 0.29) is 33.3 Å². The summed E-state index contributed by atoms with van der Waals surface area (Å²) in [6.07, 6.45) is 7.95. The van der Waals surface area contributed by atoms with Crippen LogP contribution in [0.5, 0.6) is 0 Å². The lowest BCUT2D eigenvalue weighted by Crippen LogP contribution is -2.50. The van der Waals surface area contributed by atoms with Crippen molar-refractivity contribution in [1.82, 2.24) is 39.2 Å². The van der Waals surface area contributed by atoms with E-state index >= 15 is 0 Å². The molecule has 7 heterocycles. The van der Waals surface area contributed by atoms with E-state index in [1.54, 1.807) is 16.9 Å². The number of piperidine rings is 1. The van der Waals surface area contributed by atoms with Crippen molar-refractivity contribution in [2.24, 2.45) is 5.41 Å². The van der Waals surface area contributed by atoms with E-state index in [2.05, 4.69) is 25.0 Å². The summed E-state index contributed by atoms with van der Waals surface area (Å²) in [5, 5.41) is 21.1. The average Bonchev–Trinajstić information content (AvgIpc) is 3.71. The summed E-state index contributed by atoms with van der Waals surface area (Å²) >= 11 is 5.41. The minimum absolute atomic E-state index is 0.0167. The fourth-order valence-corrected chi connectivity index (χ4v) is 7.87. The van der Waals surface area contributed by atoms with Gasteiger partial charge in [0.15, 0.2) is 17.7 Å². The van der Waals surface area contributed by atoms with Crippen molar-refractivity contribution >= 4 is 51.9 Å². The van der Waals surface area contributed by atoms with Crippen molar-refractivity contribution in [3.8, 4) is 11.3 Å². The highest BCUT2D eigenvalue weighted by molar-refractivity contribution is 7.90. The first kappa shape index (κ1) is 31.1. The molecular formula is C30H37ClN10O4S. The molecular weight excluding hydrogens is 632 g/mol. The average molecular weight is 669 g/mol. The van der Waals surface area contributed by atoms with Gasteiger partial charge in [-0.1, -0.05) is 11.6 Å². The van der Waals surface area contributed by atoms with Crippen LogP contribution in [0.4, 0.5) is 16.4 Å². The Balaban J connectivity index is 1.20. The number of pyridine rings is 1. The number of anilines is 2. The topological polar surface area (TPSA) is 171 Å². The number of aromatic nitrogens is 7. The predicted molar refractivity (Wildman–Crippen MR) is 174 cm³/mol. The van der Waals surface area contributed by atoms with E-state index in [1.165, 1.54) is 6.20 Å². The fraction of sp³-hybridized carbons (Fsp3) is 0.533. The Morgan fingerprint density at radius 1 is 1.20 bits per heavy atom. The third kappa shape index (κ3) is 5.57. The Labute approximate surface area is 274 Å². The second-order valence-corrected chi connectivity index (χ2v) is 15.5. The molecule has 4 aromatic heterocycles. The predicted octanol–water partition coefficient (Wildman–Crippen LogP) is 4.92. The lowest BCUT2D eigenvalue weighted by atomic mass is 9.73. The number of ether oxygens (including phenoxy) is 1. The minimum Gasteiger partial charge on any atom is -0.598 e. The highest BCUT2D eigenvalue weighted by Gasteiger charge is 2.51. The minimum atomic E-state index is -1.27. The van der Waals surface area contributed by atoms with Gasteiger partial charge >= 0.3 is 6.09 Å². The molecule has 3 aliphatic rings. The third-order valence-corrected chi connectivity index (χ3v) is 11.1. The van der Waals surface area contributed by atoms with Crippen LogP contribution in [0, 0.1) is 5.41 Å². The zero-order valence-corrected chi connectivity index (χ0v) is 27.5. The Morgan fingerprint density at radius 2 is 2.00 bits per heavy atom. The molecule has 2 saturated heterocycles. The second kappa shape index (κ2) is 11.9. The van der Waals surface area contributed by atoms with Gasteiger partial charge in [-0.25, -0.2) is 24.4 Å². The molecule has 4 aromatic rings. The maximum absolute atomic E-state index is 13.2. The Kier molecular flexibility index (Phi) is 8.08. The quantitative estimate of drug-likeness (QED) is 0.238. The number of hydrogen-bond acceptors (Lipinski definition) is 10. The van der Waals surface area contributed by atoms with Crippen molar-refractivity contribution in [3.05, 3.63) is 41.4 Å². The van der Waals surface area contributed by atoms with Crippen molar-refractivity contribution in [3.63, 3.8) is 0 Å². The van der Waals surface area contributed by atoms with E-state index in [0.29, 0.717) is 29.0 Å². The Bertz CT molecular complexity index is 1760. The molecule has 46 heavy (non-hydrogen) atoms. The van der Waals surface area contributed by atoms with Crippen LogP contribution in [0.1, 0.15) is 70.8 Å². The van der Waals surface area contributed by atoms with Crippen LogP contribution in [0.2, 0.25) is 5.02 Å². The number of amides is 1. The van der Waals surface area contributed by atoms with E-state index in [1.807, 2.05) is 37.7 Å². The van der Waals surface area contributed by atoms with Crippen LogP contribution in [0.15, 0.2) is 30.7 Å². The lowest BCUT2D eigenvalue weighted by Gasteiger charge is -2.43. The van der Waals surface area contributed by atoms with Gasteiger partial charge in [-0.3, -0.25) is 10.00 Å². The number of nitrogens with one attached hydrogen (secondary N) is 2. The van der Waals surface area contributed by atoms with Crippen molar-refractivity contribution < 1.29 is 19.2 Å². The number of carbonyl (C=O) groups is 1. The van der Waals surface area contributed by atoms with Crippen molar-refractivity contribution in [2.45, 2.75) is 76.4 Å². The van der Waals surface area contributed by atoms with Gasteiger partial charge in [-0.05, 0) is 65.0 Å². The van der Waals surface area contributed by atoms with E-state index in [9.17, 15) is 14.5 Å². The Morgan fingerprint density at radius 3 is 2.72 bits per heavy atom. The van der Waals surface area contributed by atoms with E-state index in [4.69, 9.17) is 31.4 Å². The highest BCUT2D eigenvalue weighted by Crippen LogP contribution is 2.50. The molecule has 1 spiro atoms. The highest BCUT2D eigenvalue weighted by atomic mass is 35.5. The van der Waals surface area contributed by atoms with Crippen molar-refractivity contribution in [1.29, 1.82) is 0 Å². The van der Waals surface area contributed by atoms with Gasteiger partial charge in [-0.2, -0.15) is 10.2 Å². The summed E-state index contributed by atoms with van der Waals surface area (Å²) in [5.41, 5.74) is 3.03. The fourth-order valence-electron chi connectivity index (χ4n) is 6.69. The molecule has 14 nitrogen and oxygen atoms in total. The number of nitrogens with zero attached hydrogens (tertiary/aromatic N) is 8. The van der Waals surface area contributed by atoms with E-state index in [0.717, 1.165) is 63.3 Å². The van der Waals surface area contributed by atoms with Crippen LogP contribution in [-0.2, 0) is 22.6 Å². The molecule has 3 atom stereocenters.